The van der Waals surface area contributed by atoms with Gasteiger partial charge in [-0.1, -0.05) is 32.0 Å². The number of hydrogen-bond acceptors (Lipinski definition) is 5. The number of carbonyl (C=O) groups is 4. The molecule has 1 heterocycles. The number of amides is 4. The molecule has 0 bridgehead atoms. The van der Waals surface area contributed by atoms with Crippen LogP contribution in [0.3, 0.4) is 0 Å². The third kappa shape index (κ3) is 4.32. The van der Waals surface area contributed by atoms with Gasteiger partial charge in [-0.2, -0.15) is 0 Å². The first-order valence-electron chi connectivity index (χ1n) is 9.55. The zero-order valence-corrected chi connectivity index (χ0v) is 17.0. The highest BCUT2D eigenvalue weighted by Crippen LogP contribution is 2.29. The standard InChI is InChI=1S/C22H23N3O5/c1-13(2)11-18(24-22(29)30-3)19(26)23-14-7-6-8-15(12-14)25-20(27)16-9-4-5-10-17(16)21(25)28/h4-10,12-13,18H,11H2,1-3H3,(H,23,26)(H,24,29). The maximum atomic E-state index is 12.7. The summed E-state index contributed by atoms with van der Waals surface area (Å²) in [6.07, 6.45) is -0.283. The van der Waals surface area contributed by atoms with Crippen molar-refractivity contribution in [2.24, 2.45) is 5.92 Å². The van der Waals surface area contributed by atoms with E-state index in [1.54, 1.807) is 48.5 Å². The number of fused-ring (bicyclic) bond motifs is 1. The summed E-state index contributed by atoms with van der Waals surface area (Å²) >= 11 is 0. The summed E-state index contributed by atoms with van der Waals surface area (Å²) in [6.45, 7) is 3.87. The van der Waals surface area contributed by atoms with E-state index in [9.17, 15) is 19.2 Å². The monoisotopic (exact) mass is 409 g/mol. The van der Waals surface area contributed by atoms with Gasteiger partial charge in [-0.15, -0.1) is 0 Å². The molecule has 1 atom stereocenters. The van der Waals surface area contributed by atoms with Crippen molar-refractivity contribution >= 4 is 35.2 Å². The molecule has 0 saturated carbocycles. The highest BCUT2D eigenvalue weighted by atomic mass is 16.5. The number of carbonyl (C=O) groups excluding carboxylic acids is 4. The number of benzene rings is 2. The van der Waals surface area contributed by atoms with Gasteiger partial charge in [-0.3, -0.25) is 14.4 Å². The van der Waals surface area contributed by atoms with Gasteiger partial charge in [0.25, 0.3) is 11.8 Å². The Labute approximate surface area is 174 Å². The van der Waals surface area contributed by atoms with Crippen molar-refractivity contribution < 1.29 is 23.9 Å². The molecule has 0 saturated heterocycles. The van der Waals surface area contributed by atoms with E-state index in [1.807, 2.05) is 13.8 Å². The van der Waals surface area contributed by atoms with Crippen molar-refractivity contribution in [1.29, 1.82) is 0 Å². The Balaban J connectivity index is 1.80. The number of rotatable bonds is 6. The molecule has 3 rings (SSSR count). The Morgan fingerprint density at radius 2 is 1.63 bits per heavy atom. The van der Waals surface area contributed by atoms with Crippen LogP contribution in [-0.4, -0.2) is 37.0 Å². The molecule has 0 spiro atoms. The fourth-order valence-corrected chi connectivity index (χ4v) is 3.28. The Hall–Kier alpha value is -3.68. The number of hydrogen-bond donors (Lipinski definition) is 2. The van der Waals surface area contributed by atoms with Gasteiger partial charge in [-0.25, -0.2) is 9.69 Å². The predicted molar refractivity (Wildman–Crippen MR) is 111 cm³/mol. The summed E-state index contributed by atoms with van der Waals surface area (Å²) in [4.78, 5) is 50.7. The maximum Gasteiger partial charge on any atom is 0.407 e. The molecular weight excluding hydrogens is 386 g/mol. The topological polar surface area (TPSA) is 105 Å². The molecular formula is C22H23N3O5. The smallest absolute Gasteiger partial charge is 0.407 e. The van der Waals surface area contributed by atoms with Gasteiger partial charge >= 0.3 is 6.09 Å². The van der Waals surface area contributed by atoms with Crippen molar-refractivity contribution in [3.05, 3.63) is 59.7 Å². The molecule has 8 nitrogen and oxygen atoms in total. The quantitative estimate of drug-likeness (QED) is 0.713. The van der Waals surface area contributed by atoms with Crippen LogP contribution in [0.5, 0.6) is 0 Å². The van der Waals surface area contributed by atoms with E-state index < -0.39 is 29.9 Å². The lowest BCUT2D eigenvalue weighted by atomic mass is 10.0. The van der Waals surface area contributed by atoms with Crippen molar-refractivity contribution in [2.45, 2.75) is 26.3 Å². The average molecular weight is 409 g/mol. The molecule has 4 amide bonds. The lowest BCUT2D eigenvalue weighted by Gasteiger charge is -2.20. The molecule has 156 valence electrons. The number of imide groups is 1. The molecule has 0 aliphatic carbocycles. The third-order valence-electron chi connectivity index (χ3n) is 4.67. The van der Waals surface area contributed by atoms with Crippen LogP contribution in [0, 0.1) is 5.92 Å². The number of ether oxygens (including phenoxy) is 1. The molecule has 8 heteroatoms. The highest BCUT2D eigenvalue weighted by molar-refractivity contribution is 6.34. The molecule has 30 heavy (non-hydrogen) atoms. The lowest BCUT2D eigenvalue weighted by molar-refractivity contribution is -0.118. The Kier molecular flexibility index (Phi) is 6.15. The predicted octanol–water partition coefficient (Wildman–Crippen LogP) is 3.20. The van der Waals surface area contributed by atoms with Crippen LogP contribution in [0.1, 0.15) is 41.0 Å². The lowest BCUT2D eigenvalue weighted by Crippen LogP contribution is -2.44. The normalized spacial score (nSPS) is 13.8. The minimum Gasteiger partial charge on any atom is -0.453 e. The molecule has 1 unspecified atom stereocenters. The first-order chi connectivity index (χ1) is 14.3. The van der Waals surface area contributed by atoms with Gasteiger partial charge in [0, 0.05) is 5.69 Å². The molecule has 2 aromatic rings. The molecule has 1 aliphatic rings. The number of alkyl carbamates (subject to hydrolysis) is 1. The second-order valence-corrected chi connectivity index (χ2v) is 7.35. The maximum absolute atomic E-state index is 12.7. The first-order valence-corrected chi connectivity index (χ1v) is 9.55. The average Bonchev–Trinajstić information content (AvgIpc) is 2.98. The fourth-order valence-electron chi connectivity index (χ4n) is 3.28. The molecule has 2 N–H and O–H groups in total. The Bertz CT molecular complexity index is 967. The van der Waals surface area contributed by atoms with E-state index in [4.69, 9.17) is 0 Å². The largest absolute Gasteiger partial charge is 0.453 e. The Morgan fingerprint density at radius 1 is 1.00 bits per heavy atom. The number of methoxy groups -OCH3 is 1. The van der Waals surface area contributed by atoms with E-state index in [-0.39, 0.29) is 5.92 Å². The van der Waals surface area contributed by atoms with Crippen LogP contribution in [0.25, 0.3) is 0 Å². The zero-order valence-electron chi connectivity index (χ0n) is 17.0. The second kappa shape index (κ2) is 8.77. The van der Waals surface area contributed by atoms with Crippen LogP contribution < -0.4 is 15.5 Å². The molecule has 0 radical (unpaired) electrons. The molecule has 2 aromatic carbocycles. The summed E-state index contributed by atoms with van der Waals surface area (Å²) in [5.74, 6) is -1.09. The summed E-state index contributed by atoms with van der Waals surface area (Å²) in [5.41, 5.74) is 1.43. The van der Waals surface area contributed by atoms with Gasteiger partial charge in [0.2, 0.25) is 5.91 Å². The third-order valence-corrected chi connectivity index (χ3v) is 4.67. The zero-order chi connectivity index (χ0) is 21.8. The van der Waals surface area contributed by atoms with E-state index in [0.717, 1.165) is 4.90 Å². The van der Waals surface area contributed by atoms with E-state index >= 15 is 0 Å². The van der Waals surface area contributed by atoms with Gasteiger partial charge in [0.15, 0.2) is 0 Å². The molecule has 0 fully saturated rings. The van der Waals surface area contributed by atoms with Crippen LogP contribution in [0.4, 0.5) is 16.2 Å². The summed E-state index contributed by atoms with van der Waals surface area (Å²) in [7, 11) is 1.23. The van der Waals surface area contributed by atoms with Crippen molar-refractivity contribution in [3.8, 4) is 0 Å². The van der Waals surface area contributed by atoms with Gasteiger partial charge in [0.1, 0.15) is 6.04 Å². The van der Waals surface area contributed by atoms with Crippen molar-refractivity contribution in [1.82, 2.24) is 5.32 Å². The number of anilines is 2. The van der Waals surface area contributed by atoms with Crippen LogP contribution in [0.15, 0.2) is 48.5 Å². The molecule has 0 aromatic heterocycles. The van der Waals surface area contributed by atoms with E-state index in [2.05, 4.69) is 15.4 Å². The van der Waals surface area contributed by atoms with Crippen molar-refractivity contribution in [2.75, 3.05) is 17.3 Å². The summed E-state index contributed by atoms with van der Waals surface area (Å²) in [5, 5.41) is 5.25. The summed E-state index contributed by atoms with van der Waals surface area (Å²) < 4.78 is 4.59. The van der Waals surface area contributed by atoms with Gasteiger partial charge in [-0.05, 0) is 42.7 Å². The van der Waals surface area contributed by atoms with Crippen molar-refractivity contribution in [3.63, 3.8) is 0 Å². The van der Waals surface area contributed by atoms with Crippen LogP contribution >= 0.6 is 0 Å². The Morgan fingerprint density at radius 3 is 2.20 bits per heavy atom. The first kappa shape index (κ1) is 21.0. The number of nitrogens with zero attached hydrogens (tertiary/aromatic N) is 1. The minimum absolute atomic E-state index is 0.155. The van der Waals surface area contributed by atoms with Crippen LogP contribution in [0.2, 0.25) is 0 Å². The van der Waals surface area contributed by atoms with Gasteiger partial charge in [0.05, 0.1) is 23.9 Å². The van der Waals surface area contributed by atoms with E-state index in [1.165, 1.54) is 7.11 Å². The number of nitrogens with one attached hydrogen (secondary N) is 2. The summed E-state index contributed by atoms with van der Waals surface area (Å²) in [6, 6.07) is 12.3. The molecule has 1 aliphatic heterocycles. The van der Waals surface area contributed by atoms with Crippen LogP contribution in [-0.2, 0) is 9.53 Å². The minimum atomic E-state index is -0.791. The van der Waals surface area contributed by atoms with E-state index in [0.29, 0.717) is 28.9 Å². The second-order valence-electron chi connectivity index (χ2n) is 7.35. The SMILES string of the molecule is COC(=O)NC(CC(C)C)C(=O)Nc1cccc(N2C(=O)c3ccccc3C2=O)c1. The van der Waals surface area contributed by atoms with Gasteiger partial charge < -0.3 is 15.4 Å². The highest BCUT2D eigenvalue weighted by Gasteiger charge is 2.36. The fraction of sp³-hybridized carbons (Fsp3) is 0.273.